The average Bonchev–Trinajstić information content (AvgIpc) is 2.98. The summed E-state index contributed by atoms with van der Waals surface area (Å²) in [6, 6.07) is 34.5. The van der Waals surface area contributed by atoms with Crippen molar-refractivity contribution in [1.29, 1.82) is 0 Å². The van der Waals surface area contributed by atoms with E-state index < -0.39 is 19.0 Å². The lowest BCUT2D eigenvalue weighted by Gasteiger charge is -2.35. The van der Waals surface area contributed by atoms with Gasteiger partial charge in [-0.05, 0) is 70.8 Å². The monoisotopic (exact) mass is 526 g/mol. The van der Waals surface area contributed by atoms with E-state index in [4.69, 9.17) is 9.47 Å². The number of fused-ring (bicyclic) bond motifs is 1. The van der Waals surface area contributed by atoms with Gasteiger partial charge in [-0.3, -0.25) is 0 Å². The number of halogens is 2. The summed E-state index contributed by atoms with van der Waals surface area (Å²) in [6.45, 7) is -0.226. The van der Waals surface area contributed by atoms with Gasteiger partial charge in [-0.25, -0.2) is 8.78 Å². The fourth-order valence-corrected chi connectivity index (χ4v) is 5.40. The third-order valence-electron chi connectivity index (χ3n) is 7.37. The highest BCUT2D eigenvalue weighted by Crippen LogP contribution is 2.47. The van der Waals surface area contributed by atoms with Gasteiger partial charge in [-0.2, -0.15) is 0 Å². The molecule has 1 aliphatic rings. The molecule has 0 aromatic heterocycles. The van der Waals surface area contributed by atoms with Gasteiger partial charge in [0.05, 0.1) is 0 Å². The van der Waals surface area contributed by atoms with Gasteiger partial charge in [-0.15, -0.1) is 0 Å². The molecule has 200 valence electrons. The third kappa shape index (κ3) is 6.72. The second-order valence-corrected chi connectivity index (χ2v) is 10.1. The molecule has 0 amide bonds. The summed E-state index contributed by atoms with van der Waals surface area (Å²) in [5.74, 6) is -1.40. The Morgan fingerprint density at radius 2 is 1.49 bits per heavy atom. The molecule has 1 aliphatic carbocycles. The van der Waals surface area contributed by atoms with Gasteiger partial charge in [-0.1, -0.05) is 78.9 Å². The maximum Gasteiger partial charge on any atom is 0.281 e. The van der Waals surface area contributed by atoms with Gasteiger partial charge in [0.2, 0.25) is 0 Å². The highest BCUT2D eigenvalue weighted by atomic mass is 19.3. The van der Waals surface area contributed by atoms with E-state index in [1.807, 2.05) is 42.5 Å². The topological polar surface area (TPSA) is 35.5 Å². The summed E-state index contributed by atoms with van der Waals surface area (Å²) in [6.07, 6.45) is 1.75. The van der Waals surface area contributed by atoms with E-state index in [1.54, 1.807) is 12.1 Å². The molecule has 5 heteroatoms. The van der Waals surface area contributed by atoms with Crippen LogP contribution in [-0.2, 0) is 17.8 Å². The van der Waals surface area contributed by atoms with Gasteiger partial charge >= 0.3 is 0 Å². The minimum absolute atomic E-state index is 0.113. The Bertz CT molecular complexity index is 1350. The number of benzene rings is 4. The molecule has 0 N–H and O–H groups in total. The molecule has 39 heavy (non-hydrogen) atoms. The number of aldehydes is 1. The quantitative estimate of drug-likeness (QED) is 0.185. The van der Waals surface area contributed by atoms with Crippen molar-refractivity contribution < 1.29 is 23.0 Å². The first-order valence-electron chi connectivity index (χ1n) is 13.4. The largest absolute Gasteiger partial charge is 0.489 e. The van der Waals surface area contributed by atoms with Crippen molar-refractivity contribution in [3.05, 3.63) is 131 Å². The van der Waals surface area contributed by atoms with E-state index in [1.165, 1.54) is 16.7 Å². The molecule has 2 unspecified atom stereocenters. The zero-order valence-electron chi connectivity index (χ0n) is 21.8. The minimum atomic E-state index is -3.04. The molecular weight excluding hydrogens is 494 g/mol. The lowest BCUT2D eigenvalue weighted by molar-refractivity contribution is -0.110. The molecule has 0 heterocycles. The van der Waals surface area contributed by atoms with Crippen LogP contribution in [0.5, 0.6) is 11.5 Å². The van der Waals surface area contributed by atoms with Gasteiger partial charge in [0.25, 0.3) is 5.92 Å². The Kier molecular flexibility index (Phi) is 8.36. The fourth-order valence-electron chi connectivity index (χ4n) is 5.40. The van der Waals surface area contributed by atoms with Gasteiger partial charge in [0.1, 0.15) is 24.4 Å². The molecule has 5 rings (SSSR count). The van der Waals surface area contributed by atoms with Gasteiger partial charge in [0.15, 0.2) is 6.61 Å². The first-order chi connectivity index (χ1) is 19.0. The van der Waals surface area contributed by atoms with Crippen molar-refractivity contribution in [2.45, 2.75) is 50.0 Å². The van der Waals surface area contributed by atoms with Crippen LogP contribution in [0, 0.1) is 0 Å². The molecule has 0 radical (unpaired) electrons. The van der Waals surface area contributed by atoms with Crippen LogP contribution in [0.25, 0.3) is 0 Å². The van der Waals surface area contributed by atoms with E-state index in [2.05, 4.69) is 48.5 Å². The second-order valence-electron chi connectivity index (χ2n) is 10.1. The molecule has 0 bridgehead atoms. The Morgan fingerprint density at radius 1 is 0.795 bits per heavy atom. The summed E-state index contributed by atoms with van der Waals surface area (Å²) in [5.41, 5.74) is 6.06. The zero-order chi connectivity index (χ0) is 27.1. The van der Waals surface area contributed by atoms with E-state index in [0.29, 0.717) is 18.6 Å². The number of aryl methyl sites for hydroxylation is 1. The second kappa shape index (κ2) is 12.2. The van der Waals surface area contributed by atoms with Crippen molar-refractivity contribution in [2.24, 2.45) is 0 Å². The van der Waals surface area contributed by atoms with Crippen LogP contribution < -0.4 is 9.47 Å². The number of carbonyl (C=O) groups is 1. The Balaban J connectivity index is 1.38. The van der Waals surface area contributed by atoms with Crippen LogP contribution in [0.3, 0.4) is 0 Å². The van der Waals surface area contributed by atoms with Crippen molar-refractivity contribution in [2.75, 3.05) is 6.61 Å². The lowest BCUT2D eigenvalue weighted by Crippen LogP contribution is -2.25. The highest BCUT2D eigenvalue weighted by molar-refractivity contribution is 5.49. The third-order valence-corrected chi connectivity index (χ3v) is 7.37. The van der Waals surface area contributed by atoms with E-state index in [0.717, 1.165) is 29.7 Å². The van der Waals surface area contributed by atoms with Crippen LogP contribution in [0.4, 0.5) is 8.78 Å². The lowest BCUT2D eigenvalue weighted by atomic mass is 9.69. The first kappa shape index (κ1) is 26.6. The number of alkyl halides is 2. The molecule has 0 saturated carbocycles. The number of rotatable bonds is 11. The highest BCUT2D eigenvalue weighted by Gasteiger charge is 2.33. The smallest absolute Gasteiger partial charge is 0.281 e. The van der Waals surface area contributed by atoms with Crippen LogP contribution in [-0.4, -0.2) is 18.8 Å². The Hall–Kier alpha value is -3.99. The van der Waals surface area contributed by atoms with Crippen LogP contribution in [0.15, 0.2) is 103 Å². The first-order valence-corrected chi connectivity index (χ1v) is 13.4. The molecule has 0 fully saturated rings. The van der Waals surface area contributed by atoms with Gasteiger partial charge in [0, 0.05) is 18.8 Å². The van der Waals surface area contributed by atoms with Crippen molar-refractivity contribution in [3.63, 3.8) is 0 Å². The van der Waals surface area contributed by atoms with Crippen LogP contribution >= 0.6 is 0 Å². The van der Waals surface area contributed by atoms with E-state index in [-0.39, 0.29) is 18.3 Å². The number of hydrogen-bond donors (Lipinski definition) is 0. The van der Waals surface area contributed by atoms with Crippen LogP contribution in [0.1, 0.15) is 58.9 Å². The molecule has 0 spiro atoms. The summed E-state index contributed by atoms with van der Waals surface area (Å²) in [7, 11) is 0. The molecule has 2 atom stereocenters. The van der Waals surface area contributed by atoms with Crippen molar-refractivity contribution >= 4 is 6.29 Å². The number of hydrogen-bond acceptors (Lipinski definition) is 3. The number of carbonyl (C=O) groups excluding carboxylic acids is 1. The molecule has 3 nitrogen and oxygen atoms in total. The zero-order valence-corrected chi connectivity index (χ0v) is 21.8. The van der Waals surface area contributed by atoms with Crippen molar-refractivity contribution in [1.82, 2.24) is 0 Å². The molecule has 0 saturated heterocycles. The number of ether oxygens (including phenoxy) is 2. The standard InChI is InChI=1S/C34H32F2O3/c35-34(36,20-7-21-37)24-39-29-15-12-27(13-16-29)33-31(26-10-5-2-6-11-26)18-14-28-22-30(17-19-32(28)33)38-23-25-8-3-1-4-9-25/h1-6,8-13,15-17,19,21-22,31,33H,7,14,18,20,23-24H2. The van der Waals surface area contributed by atoms with Crippen LogP contribution in [0.2, 0.25) is 0 Å². The summed E-state index contributed by atoms with van der Waals surface area (Å²) < 4.78 is 39.4. The maximum absolute atomic E-state index is 14.0. The molecule has 0 aliphatic heterocycles. The molecule has 4 aromatic carbocycles. The normalized spacial score (nSPS) is 16.8. The van der Waals surface area contributed by atoms with E-state index >= 15 is 0 Å². The summed E-state index contributed by atoms with van der Waals surface area (Å²) >= 11 is 0. The van der Waals surface area contributed by atoms with Crippen molar-refractivity contribution in [3.8, 4) is 11.5 Å². The predicted molar refractivity (Wildman–Crippen MR) is 149 cm³/mol. The van der Waals surface area contributed by atoms with E-state index in [9.17, 15) is 13.6 Å². The molecule has 4 aromatic rings. The Morgan fingerprint density at radius 3 is 2.21 bits per heavy atom. The average molecular weight is 527 g/mol. The minimum Gasteiger partial charge on any atom is -0.489 e. The predicted octanol–water partition coefficient (Wildman–Crippen LogP) is 8.12. The maximum atomic E-state index is 14.0. The SMILES string of the molecule is O=CCCC(F)(F)COc1ccc(C2c3ccc(OCc4ccccc4)cc3CCC2c2ccccc2)cc1. The van der Waals surface area contributed by atoms with Gasteiger partial charge < -0.3 is 14.3 Å². The summed E-state index contributed by atoms with van der Waals surface area (Å²) in [4.78, 5) is 10.5. The fraction of sp³-hybridized carbons (Fsp3) is 0.265. The Labute approximate surface area is 228 Å². The summed E-state index contributed by atoms with van der Waals surface area (Å²) in [5, 5.41) is 0. The molecular formula is C34H32F2O3.